The van der Waals surface area contributed by atoms with E-state index in [9.17, 15) is 14.3 Å². The third kappa shape index (κ3) is 30.9. The van der Waals surface area contributed by atoms with Gasteiger partial charge in [-0.1, -0.05) is 129 Å². The summed E-state index contributed by atoms with van der Waals surface area (Å²) < 4.78 is 29.2. The molecule has 0 aromatic heterocycles. The molecule has 0 rings (SSSR count). The average molecular weight is 622 g/mol. The molecule has 2 atom stereocenters. The molecule has 0 aromatic carbocycles. The number of nitrogens with zero attached hydrogens (tertiary/aromatic N) is 1. The van der Waals surface area contributed by atoms with Crippen molar-refractivity contribution in [1.29, 1.82) is 0 Å². The first kappa shape index (κ1) is 41.5. The molecule has 0 aromatic rings. The Morgan fingerprint density at radius 2 is 1.14 bits per heavy atom. The molecule has 252 valence electrons. The summed E-state index contributed by atoms with van der Waals surface area (Å²) in [7, 11) is 1.77. The Kier molecular flexibility index (Phi) is 27.7. The Morgan fingerprint density at radius 3 is 1.62 bits per heavy atom. The zero-order valence-corrected chi connectivity index (χ0v) is 29.2. The van der Waals surface area contributed by atoms with Gasteiger partial charge in [-0.2, -0.15) is 0 Å². The van der Waals surface area contributed by atoms with E-state index in [1.54, 1.807) is 0 Å². The van der Waals surface area contributed by atoms with Gasteiger partial charge in [0.1, 0.15) is 13.2 Å². The van der Waals surface area contributed by atoms with Gasteiger partial charge in [-0.05, 0) is 12.8 Å². The minimum Gasteiger partial charge on any atom is -0.374 e. The molecule has 42 heavy (non-hydrogen) atoms. The van der Waals surface area contributed by atoms with Crippen molar-refractivity contribution in [2.45, 2.75) is 155 Å². The third-order valence-electron chi connectivity index (χ3n) is 7.58. The number of hydrogen-bond donors (Lipinski definition) is 2. The van der Waals surface area contributed by atoms with Crippen LogP contribution in [0.5, 0.6) is 0 Å². The molecule has 8 nitrogen and oxygen atoms in total. The number of unbranched alkanes of at least 4 members (excludes halogenated alkanes) is 18. The lowest BCUT2D eigenvalue weighted by Gasteiger charge is -2.24. The van der Waals surface area contributed by atoms with Crippen LogP contribution in [0.2, 0.25) is 0 Å². The van der Waals surface area contributed by atoms with E-state index in [0.717, 1.165) is 25.7 Å². The second kappa shape index (κ2) is 28.0. The highest BCUT2D eigenvalue weighted by atomic mass is 31.2. The second-order valence-corrected chi connectivity index (χ2v) is 14.5. The molecular formula is C33H70N2O6P+. The number of phosphoric ester groups is 1. The summed E-state index contributed by atoms with van der Waals surface area (Å²) >= 11 is 0. The van der Waals surface area contributed by atoms with Crippen molar-refractivity contribution in [3.63, 3.8) is 0 Å². The van der Waals surface area contributed by atoms with Crippen LogP contribution in [0, 0.1) is 0 Å². The number of nitrogens with one attached hydrogen (secondary N) is 1. The highest BCUT2D eigenvalue weighted by Crippen LogP contribution is 2.43. The van der Waals surface area contributed by atoms with Crippen LogP contribution in [-0.2, 0) is 23.1 Å². The molecule has 1 amide bonds. The SMILES string of the molecule is CCCCCCCCCCCCCCCCCC(=O)NCC(COP(=O)(O)OCC[N+](C)(C)C)OCCCCCCC. The van der Waals surface area contributed by atoms with Crippen molar-refractivity contribution in [3.05, 3.63) is 0 Å². The quantitative estimate of drug-likeness (QED) is 0.0444. The summed E-state index contributed by atoms with van der Waals surface area (Å²) in [6.07, 6.45) is 25.1. The first-order valence-corrected chi connectivity index (χ1v) is 18.9. The van der Waals surface area contributed by atoms with Gasteiger partial charge in [-0.15, -0.1) is 0 Å². The summed E-state index contributed by atoms with van der Waals surface area (Å²) in [5.74, 6) is -0.00684. The fourth-order valence-corrected chi connectivity index (χ4v) is 5.48. The topological polar surface area (TPSA) is 94.1 Å². The second-order valence-electron chi connectivity index (χ2n) is 13.0. The summed E-state index contributed by atoms with van der Waals surface area (Å²) in [6.45, 7) is 5.84. The number of carbonyl (C=O) groups excluding carboxylic acids is 1. The Balaban J connectivity index is 4.09. The molecule has 0 saturated heterocycles. The monoisotopic (exact) mass is 621 g/mol. The van der Waals surface area contributed by atoms with Crippen molar-refractivity contribution in [1.82, 2.24) is 5.32 Å². The van der Waals surface area contributed by atoms with Gasteiger partial charge in [-0.25, -0.2) is 4.57 Å². The zero-order chi connectivity index (χ0) is 31.4. The summed E-state index contributed by atoms with van der Waals surface area (Å²) in [5, 5.41) is 2.93. The van der Waals surface area contributed by atoms with Gasteiger partial charge in [0.05, 0.1) is 33.9 Å². The van der Waals surface area contributed by atoms with Gasteiger partial charge in [0.2, 0.25) is 5.91 Å². The first-order chi connectivity index (χ1) is 20.1. The molecule has 0 fully saturated rings. The van der Waals surface area contributed by atoms with Crippen molar-refractivity contribution < 1.29 is 32.5 Å². The lowest BCUT2D eigenvalue weighted by molar-refractivity contribution is -0.870. The largest absolute Gasteiger partial charge is 0.472 e. The molecule has 0 spiro atoms. The van der Waals surface area contributed by atoms with Gasteiger partial charge in [-0.3, -0.25) is 13.8 Å². The fraction of sp³-hybridized carbons (Fsp3) is 0.970. The van der Waals surface area contributed by atoms with Crippen LogP contribution in [0.15, 0.2) is 0 Å². The fourth-order valence-electron chi connectivity index (χ4n) is 4.74. The van der Waals surface area contributed by atoms with Crippen LogP contribution < -0.4 is 5.32 Å². The molecule has 0 radical (unpaired) electrons. The van der Waals surface area contributed by atoms with E-state index < -0.39 is 13.9 Å². The molecule has 0 bridgehead atoms. The predicted molar refractivity (Wildman–Crippen MR) is 176 cm³/mol. The minimum atomic E-state index is -4.18. The van der Waals surface area contributed by atoms with E-state index in [-0.39, 0.29) is 25.7 Å². The summed E-state index contributed by atoms with van der Waals surface area (Å²) in [4.78, 5) is 22.5. The van der Waals surface area contributed by atoms with E-state index in [1.165, 1.54) is 103 Å². The number of rotatable bonds is 32. The number of likely N-dealkylation sites (N-methyl/N-ethyl adjacent to an activating group) is 1. The predicted octanol–water partition coefficient (Wildman–Crippen LogP) is 8.56. The molecule has 0 heterocycles. The lowest BCUT2D eigenvalue weighted by Crippen LogP contribution is -2.37. The lowest BCUT2D eigenvalue weighted by atomic mass is 10.0. The molecule has 0 saturated carbocycles. The van der Waals surface area contributed by atoms with Gasteiger partial charge < -0.3 is 19.4 Å². The third-order valence-corrected chi connectivity index (χ3v) is 8.56. The number of ether oxygens (including phenoxy) is 1. The van der Waals surface area contributed by atoms with Crippen LogP contribution in [-0.4, -0.2) is 75.4 Å². The number of phosphoric acid groups is 1. The van der Waals surface area contributed by atoms with E-state index >= 15 is 0 Å². The van der Waals surface area contributed by atoms with Gasteiger partial charge >= 0.3 is 7.82 Å². The molecule has 0 aliphatic rings. The molecule has 0 aliphatic carbocycles. The van der Waals surface area contributed by atoms with Crippen molar-refractivity contribution >= 4 is 13.7 Å². The molecule has 2 unspecified atom stereocenters. The smallest absolute Gasteiger partial charge is 0.374 e. The van der Waals surface area contributed by atoms with Crippen LogP contribution in [0.3, 0.4) is 0 Å². The van der Waals surface area contributed by atoms with Crippen LogP contribution in [0.25, 0.3) is 0 Å². The summed E-state index contributed by atoms with van der Waals surface area (Å²) in [6, 6.07) is 0. The molecule has 9 heteroatoms. The maximum atomic E-state index is 12.4. The number of amides is 1. The Morgan fingerprint density at radius 1 is 0.690 bits per heavy atom. The van der Waals surface area contributed by atoms with E-state index in [2.05, 4.69) is 19.2 Å². The Labute approximate surface area is 260 Å². The van der Waals surface area contributed by atoms with Crippen LogP contribution in [0.4, 0.5) is 0 Å². The van der Waals surface area contributed by atoms with E-state index in [0.29, 0.717) is 24.1 Å². The van der Waals surface area contributed by atoms with Crippen LogP contribution in [0.1, 0.15) is 149 Å². The average Bonchev–Trinajstić information content (AvgIpc) is 2.93. The van der Waals surface area contributed by atoms with Crippen LogP contribution >= 0.6 is 7.82 Å². The standard InChI is InChI=1S/C33H69N2O6P/c1-6-8-10-12-13-14-15-16-17-18-19-20-21-22-24-26-33(36)34-30-32(39-28-25-23-11-9-7-2)31-41-42(37,38)40-29-27-35(3,4)5/h32H,6-31H2,1-5H3,(H-,34,36,37,38)/p+1. The van der Waals surface area contributed by atoms with Gasteiger partial charge in [0.25, 0.3) is 0 Å². The number of hydrogen-bond acceptors (Lipinski definition) is 5. The van der Waals surface area contributed by atoms with Crippen molar-refractivity contribution in [3.8, 4) is 0 Å². The van der Waals surface area contributed by atoms with E-state index in [1.807, 2.05) is 21.1 Å². The Hall–Kier alpha value is -0.500. The van der Waals surface area contributed by atoms with E-state index in [4.69, 9.17) is 13.8 Å². The highest BCUT2D eigenvalue weighted by Gasteiger charge is 2.25. The van der Waals surface area contributed by atoms with Crippen molar-refractivity contribution in [2.75, 3.05) is 54.1 Å². The Bertz CT molecular complexity index is 659. The minimum absolute atomic E-state index is 0.00684. The van der Waals surface area contributed by atoms with Gasteiger partial charge in [0, 0.05) is 19.6 Å². The maximum Gasteiger partial charge on any atom is 0.472 e. The van der Waals surface area contributed by atoms with Gasteiger partial charge in [0.15, 0.2) is 0 Å². The highest BCUT2D eigenvalue weighted by molar-refractivity contribution is 7.47. The number of quaternary nitrogens is 1. The molecule has 2 N–H and O–H groups in total. The number of carbonyl (C=O) groups is 1. The molecular weight excluding hydrogens is 551 g/mol. The zero-order valence-electron chi connectivity index (χ0n) is 28.3. The first-order valence-electron chi connectivity index (χ1n) is 17.4. The maximum absolute atomic E-state index is 12.4. The normalized spacial score (nSPS) is 14.1. The molecule has 0 aliphatic heterocycles. The summed E-state index contributed by atoms with van der Waals surface area (Å²) in [5.41, 5.74) is 0. The van der Waals surface area contributed by atoms with Crippen molar-refractivity contribution in [2.24, 2.45) is 0 Å².